The zero-order chi connectivity index (χ0) is 33.4. The minimum Gasteiger partial charge on any atom is -0.369 e. The molecule has 10 heteroatoms. The van der Waals surface area contributed by atoms with Crippen molar-refractivity contribution < 1.29 is 27.0 Å². The average molecular weight is 651 g/mol. The molecule has 0 radical (unpaired) electrons. The van der Waals surface area contributed by atoms with Crippen molar-refractivity contribution in [3.63, 3.8) is 0 Å². The molecule has 8 bridgehead atoms. The maximum Gasteiger partial charge on any atom is 0.131 e. The Balaban J connectivity index is 1.34. The molecule has 6 nitrogen and oxygen atoms in total. The van der Waals surface area contributed by atoms with Gasteiger partial charge in [-0.05, 0) is 98.8 Å². The standard InChI is InChI=1S/C38H30F4N4O2/c1-21(47-19-31-33(39)5-3-6-34(31)40)29-15-27-14-25-10-9-23(43-25)13-24-11-12-26(44-24)17-37-30(16-28(46-37)18-38(29)45-27)22(2)48-20-32-35(41)7-4-8-36(32)42/h3-18,21-22,45-46H,19-20H2,1-2H3. The predicted molar refractivity (Wildman–Crippen MR) is 178 cm³/mol. The van der Waals surface area contributed by atoms with Crippen LogP contribution in [0.15, 0.2) is 72.8 Å². The molecule has 0 fully saturated rings. The zero-order valence-electron chi connectivity index (χ0n) is 26.0. The van der Waals surface area contributed by atoms with Crippen LogP contribution in [0, 0.1) is 23.3 Å². The molecule has 2 aliphatic heterocycles. The Kier molecular flexibility index (Phi) is 8.51. The lowest BCUT2D eigenvalue weighted by Gasteiger charge is -2.13. The van der Waals surface area contributed by atoms with Gasteiger partial charge in [-0.1, -0.05) is 12.1 Å². The van der Waals surface area contributed by atoms with Gasteiger partial charge in [0.25, 0.3) is 0 Å². The van der Waals surface area contributed by atoms with Gasteiger partial charge in [0.05, 0.1) is 48.2 Å². The molecule has 242 valence electrons. The smallest absolute Gasteiger partial charge is 0.131 e. The molecule has 2 atom stereocenters. The molecule has 0 amide bonds. The van der Waals surface area contributed by atoms with E-state index in [0.717, 1.165) is 33.7 Å². The lowest BCUT2D eigenvalue weighted by atomic mass is 10.1. The number of aromatic amines is 2. The van der Waals surface area contributed by atoms with Gasteiger partial charge in [0.15, 0.2) is 0 Å². The van der Waals surface area contributed by atoms with Gasteiger partial charge in [-0.15, -0.1) is 0 Å². The van der Waals surface area contributed by atoms with Crippen LogP contribution in [-0.4, -0.2) is 19.9 Å². The summed E-state index contributed by atoms with van der Waals surface area (Å²) in [6.07, 6.45) is 6.48. The van der Waals surface area contributed by atoms with Crippen molar-refractivity contribution in [1.82, 2.24) is 19.9 Å². The fourth-order valence-corrected chi connectivity index (χ4v) is 5.75. The summed E-state index contributed by atoms with van der Waals surface area (Å²) in [4.78, 5) is 16.3. The van der Waals surface area contributed by atoms with Gasteiger partial charge >= 0.3 is 0 Å². The first-order chi connectivity index (χ1) is 23.2. The van der Waals surface area contributed by atoms with Gasteiger partial charge < -0.3 is 19.4 Å². The van der Waals surface area contributed by atoms with Gasteiger partial charge in [0.2, 0.25) is 0 Å². The molecule has 0 aliphatic carbocycles. The van der Waals surface area contributed by atoms with Crippen molar-refractivity contribution in [1.29, 1.82) is 0 Å². The second kappa shape index (κ2) is 13.1. The molecule has 0 spiro atoms. The highest BCUT2D eigenvalue weighted by Crippen LogP contribution is 2.30. The first-order valence-corrected chi connectivity index (χ1v) is 15.4. The summed E-state index contributed by atoms with van der Waals surface area (Å²) < 4.78 is 69.4. The van der Waals surface area contributed by atoms with Crippen LogP contribution >= 0.6 is 0 Å². The predicted octanol–water partition coefficient (Wildman–Crippen LogP) is 9.77. The third-order valence-corrected chi connectivity index (χ3v) is 8.31. The fourth-order valence-electron chi connectivity index (χ4n) is 5.75. The van der Waals surface area contributed by atoms with E-state index in [4.69, 9.17) is 19.4 Å². The van der Waals surface area contributed by atoms with E-state index in [1.165, 1.54) is 36.4 Å². The molecule has 2 unspecified atom stereocenters. The molecule has 2 aromatic carbocycles. The summed E-state index contributed by atoms with van der Waals surface area (Å²) in [5.74, 6) is -2.70. The normalized spacial score (nSPS) is 13.6. The van der Waals surface area contributed by atoms with Gasteiger partial charge in [-0.3, -0.25) is 0 Å². The third kappa shape index (κ3) is 6.58. The summed E-state index contributed by atoms with van der Waals surface area (Å²) in [5, 5.41) is 0. The lowest BCUT2D eigenvalue weighted by Crippen LogP contribution is -2.03. The number of halogens is 4. The molecule has 2 N–H and O–H groups in total. The zero-order valence-corrected chi connectivity index (χ0v) is 26.0. The molecule has 7 rings (SSSR count). The number of fused-ring (bicyclic) bond motifs is 8. The summed E-state index contributed by atoms with van der Waals surface area (Å²) in [5.41, 5.74) is 6.96. The van der Waals surface area contributed by atoms with E-state index in [0.29, 0.717) is 22.2 Å². The van der Waals surface area contributed by atoms with Crippen molar-refractivity contribution in [2.45, 2.75) is 39.3 Å². The minimum atomic E-state index is -0.675. The first kappa shape index (κ1) is 31.3. The van der Waals surface area contributed by atoms with Crippen LogP contribution in [0.2, 0.25) is 0 Å². The monoisotopic (exact) mass is 650 g/mol. The molecule has 5 aromatic rings. The van der Waals surface area contributed by atoms with Crippen LogP contribution in [0.25, 0.3) is 46.4 Å². The molecule has 0 saturated carbocycles. The Morgan fingerprint density at radius 3 is 1.42 bits per heavy atom. The van der Waals surface area contributed by atoms with Crippen LogP contribution < -0.4 is 0 Å². The Morgan fingerprint density at radius 2 is 0.938 bits per heavy atom. The third-order valence-electron chi connectivity index (χ3n) is 8.31. The maximum absolute atomic E-state index is 14.4. The van der Waals surface area contributed by atoms with Gasteiger partial charge in [-0.2, -0.15) is 0 Å². The molecule has 48 heavy (non-hydrogen) atoms. The van der Waals surface area contributed by atoms with E-state index in [1.807, 2.05) is 74.5 Å². The highest BCUT2D eigenvalue weighted by atomic mass is 19.1. The second-order valence-electron chi connectivity index (χ2n) is 11.7. The average Bonchev–Trinajstić information content (AvgIpc) is 3.85. The molecule has 0 saturated heterocycles. The largest absolute Gasteiger partial charge is 0.369 e. The molecule has 3 aromatic heterocycles. The van der Waals surface area contributed by atoms with E-state index >= 15 is 0 Å². The number of H-pyrrole nitrogens is 2. The minimum absolute atomic E-state index is 0.143. The first-order valence-electron chi connectivity index (χ1n) is 15.4. The number of benzene rings is 2. The summed E-state index contributed by atoms with van der Waals surface area (Å²) in [7, 11) is 0. The van der Waals surface area contributed by atoms with Crippen molar-refractivity contribution in [3.05, 3.63) is 141 Å². The highest BCUT2D eigenvalue weighted by molar-refractivity contribution is 5.79. The van der Waals surface area contributed by atoms with Crippen molar-refractivity contribution in [2.24, 2.45) is 0 Å². The summed E-state index contributed by atoms with van der Waals surface area (Å²) in [6, 6.07) is 18.8. The molecular formula is C38H30F4N4O2. The Morgan fingerprint density at radius 1 is 0.542 bits per heavy atom. The van der Waals surface area contributed by atoms with Crippen LogP contribution in [0.1, 0.15) is 71.1 Å². The van der Waals surface area contributed by atoms with Crippen molar-refractivity contribution in [3.8, 4) is 0 Å². The fraction of sp³-hybridized carbons (Fsp3) is 0.158. The number of rotatable bonds is 8. The number of hydrogen-bond donors (Lipinski definition) is 2. The number of ether oxygens (including phenoxy) is 2. The lowest BCUT2D eigenvalue weighted by molar-refractivity contribution is 0.0499. The van der Waals surface area contributed by atoms with E-state index in [2.05, 4.69) is 9.97 Å². The topological polar surface area (TPSA) is 75.8 Å². The van der Waals surface area contributed by atoms with E-state index < -0.39 is 35.5 Å². The summed E-state index contributed by atoms with van der Waals surface area (Å²) >= 11 is 0. The Bertz CT molecular complexity index is 2210. The van der Waals surface area contributed by atoms with E-state index in [-0.39, 0.29) is 24.3 Å². The van der Waals surface area contributed by atoms with Crippen LogP contribution in [0.3, 0.4) is 0 Å². The molecule has 5 heterocycles. The SMILES string of the molecule is CC(OCc1c(F)cccc1F)c1cc2cc3[nH]c(cc4nc(cc5nc(cc1[nH]2)C=C5)C=C4)cc3C(C)OCc1c(F)cccc1F. The number of nitrogens with zero attached hydrogens (tertiary/aromatic N) is 2. The van der Waals surface area contributed by atoms with E-state index in [9.17, 15) is 17.6 Å². The second-order valence-corrected chi connectivity index (χ2v) is 11.7. The van der Waals surface area contributed by atoms with Crippen LogP contribution in [0.4, 0.5) is 17.6 Å². The van der Waals surface area contributed by atoms with Crippen molar-refractivity contribution >= 4 is 46.4 Å². The van der Waals surface area contributed by atoms with Crippen molar-refractivity contribution in [2.75, 3.05) is 0 Å². The quantitative estimate of drug-likeness (QED) is 0.161. The highest BCUT2D eigenvalue weighted by Gasteiger charge is 2.17. The van der Waals surface area contributed by atoms with Gasteiger partial charge in [0, 0.05) is 44.3 Å². The Labute approximate surface area is 273 Å². The number of aromatic nitrogens is 4. The number of nitrogens with one attached hydrogen (secondary N) is 2. The van der Waals surface area contributed by atoms with E-state index in [1.54, 1.807) is 0 Å². The molecule has 2 aliphatic rings. The van der Waals surface area contributed by atoms with Crippen LogP contribution in [0.5, 0.6) is 0 Å². The molecular weight excluding hydrogens is 620 g/mol. The number of hydrogen-bond acceptors (Lipinski definition) is 4. The maximum atomic E-state index is 14.4. The summed E-state index contributed by atoms with van der Waals surface area (Å²) in [6.45, 7) is 3.11. The van der Waals surface area contributed by atoms with Gasteiger partial charge in [-0.25, -0.2) is 27.5 Å². The Hall–Kier alpha value is -5.32. The van der Waals surface area contributed by atoms with Crippen LogP contribution in [-0.2, 0) is 22.7 Å². The van der Waals surface area contributed by atoms with Gasteiger partial charge in [0.1, 0.15) is 23.3 Å².